The molecule has 0 aliphatic heterocycles. The minimum Gasteiger partial charge on any atom is -0.478 e. The summed E-state index contributed by atoms with van der Waals surface area (Å²) in [5.41, 5.74) is 0.472. The van der Waals surface area contributed by atoms with Crippen LogP contribution in [0.3, 0.4) is 0 Å². The molecule has 0 saturated heterocycles. The summed E-state index contributed by atoms with van der Waals surface area (Å²) < 4.78 is 4.92. The van der Waals surface area contributed by atoms with Crippen molar-refractivity contribution < 1.29 is 14.6 Å². The molecule has 0 aliphatic carbocycles. The minimum absolute atomic E-state index is 0.472. The molecule has 4 heteroatoms. The Balaban J connectivity index is 3.46. The summed E-state index contributed by atoms with van der Waals surface area (Å²) in [6.45, 7) is 4.16. The molecule has 0 heterocycles. The van der Waals surface area contributed by atoms with Gasteiger partial charge in [-0.1, -0.05) is 13.0 Å². The molecule has 0 spiro atoms. The first-order valence-electron chi connectivity index (χ1n) is 5.34. The van der Waals surface area contributed by atoms with E-state index >= 15 is 0 Å². The predicted octanol–water partition coefficient (Wildman–Crippen LogP) is 1.42. The lowest BCUT2D eigenvalue weighted by molar-refractivity contribution is -0.132. The average molecular weight is 215 g/mol. The lowest BCUT2D eigenvalue weighted by Gasteiger charge is -2.02. The highest BCUT2D eigenvalue weighted by Crippen LogP contribution is 1.98. The van der Waals surface area contributed by atoms with Crippen molar-refractivity contribution in [3.05, 3.63) is 11.6 Å². The number of rotatable bonds is 9. The van der Waals surface area contributed by atoms with E-state index in [9.17, 15) is 4.79 Å². The Morgan fingerprint density at radius 2 is 2.20 bits per heavy atom. The number of nitrogens with one attached hydrogen (secondary N) is 1. The number of carboxylic acids is 1. The van der Waals surface area contributed by atoms with Gasteiger partial charge in [0.25, 0.3) is 0 Å². The van der Waals surface area contributed by atoms with Crippen molar-refractivity contribution >= 4 is 5.97 Å². The smallest absolute Gasteiger partial charge is 0.331 e. The Kier molecular flexibility index (Phi) is 9.11. The normalized spacial score (nSPS) is 11.7. The highest BCUT2D eigenvalue weighted by Gasteiger charge is 2.01. The first-order valence-corrected chi connectivity index (χ1v) is 5.34. The van der Waals surface area contributed by atoms with Gasteiger partial charge in [-0.3, -0.25) is 0 Å². The standard InChI is InChI=1S/C11H21NO3/c1-3-10(11(13)14)6-8-12-7-4-5-9-15-2/h6,12H,3-5,7-9H2,1-2H3,(H,13,14). The molecule has 0 rings (SSSR count). The number of aliphatic carboxylic acids is 1. The zero-order chi connectivity index (χ0) is 11.5. The van der Waals surface area contributed by atoms with Gasteiger partial charge in [-0.15, -0.1) is 0 Å². The highest BCUT2D eigenvalue weighted by molar-refractivity contribution is 5.86. The summed E-state index contributed by atoms with van der Waals surface area (Å²) in [6, 6.07) is 0. The first-order chi connectivity index (χ1) is 7.22. The van der Waals surface area contributed by atoms with Crippen molar-refractivity contribution in [2.24, 2.45) is 0 Å². The van der Waals surface area contributed by atoms with Gasteiger partial charge in [0.15, 0.2) is 0 Å². The number of methoxy groups -OCH3 is 1. The number of unbranched alkanes of at least 4 members (excludes halogenated alkanes) is 1. The Bertz CT molecular complexity index is 202. The van der Waals surface area contributed by atoms with E-state index < -0.39 is 5.97 Å². The summed E-state index contributed by atoms with van der Waals surface area (Å²) in [5.74, 6) is -0.821. The van der Waals surface area contributed by atoms with Gasteiger partial charge in [-0.25, -0.2) is 4.79 Å². The van der Waals surface area contributed by atoms with E-state index in [1.54, 1.807) is 13.2 Å². The molecule has 88 valence electrons. The molecule has 0 unspecified atom stereocenters. The molecule has 0 atom stereocenters. The van der Waals surface area contributed by atoms with Crippen molar-refractivity contribution in [1.29, 1.82) is 0 Å². The van der Waals surface area contributed by atoms with Crippen molar-refractivity contribution in [3.8, 4) is 0 Å². The Morgan fingerprint density at radius 3 is 2.73 bits per heavy atom. The zero-order valence-corrected chi connectivity index (χ0v) is 9.58. The highest BCUT2D eigenvalue weighted by atomic mass is 16.5. The van der Waals surface area contributed by atoms with E-state index in [4.69, 9.17) is 9.84 Å². The number of ether oxygens (including phenoxy) is 1. The zero-order valence-electron chi connectivity index (χ0n) is 9.58. The van der Waals surface area contributed by atoms with Gasteiger partial charge in [-0.2, -0.15) is 0 Å². The molecular weight excluding hydrogens is 194 g/mol. The van der Waals surface area contributed by atoms with Crippen LogP contribution < -0.4 is 5.32 Å². The van der Waals surface area contributed by atoms with E-state index in [0.29, 0.717) is 18.5 Å². The summed E-state index contributed by atoms with van der Waals surface area (Å²) in [7, 11) is 1.69. The molecule has 0 aliphatic rings. The first kappa shape index (κ1) is 14.1. The van der Waals surface area contributed by atoms with Gasteiger partial charge in [0.2, 0.25) is 0 Å². The SMILES string of the molecule is CCC(=CCNCCCCOC)C(=O)O. The van der Waals surface area contributed by atoms with Crippen LogP contribution in [0.1, 0.15) is 26.2 Å². The molecule has 0 aromatic carbocycles. The molecule has 0 amide bonds. The van der Waals surface area contributed by atoms with Crippen molar-refractivity contribution in [2.45, 2.75) is 26.2 Å². The minimum atomic E-state index is -0.821. The molecular formula is C11H21NO3. The maximum absolute atomic E-state index is 10.6. The quantitative estimate of drug-likeness (QED) is 0.451. The molecule has 0 saturated carbocycles. The second kappa shape index (κ2) is 9.68. The monoisotopic (exact) mass is 215 g/mol. The van der Waals surface area contributed by atoms with Crippen LogP contribution >= 0.6 is 0 Å². The number of hydrogen-bond donors (Lipinski definition) is 2. The number of carbonyl (C=O) groups is 1. The fraction of sp³-hybridized carbons (Fsp3) is 0.727. The summed E-state index contributed by atoms with van der Waals surface area (Å²) in [4.78, 5) is 10.6. The van der Waals surface area contributed by atoms with E-state index in [1.807, 2.05) is 6.92 Å². The maximum atomic E-state index is 10.6. The second-order valence-electron chi connectivity index (χ2n) is 3.29. The fourth-order valence-electron chi connectivity index (χ4n) is 1.18. The Hall–Kier alpha value is -0.870. The van der Waals surface area contributed by atoms with Gasteiger partial charge in [0.05, 0.1) is 0 Å². The Morgan fingerprint density at radius 1 is 1.47 bits per heavy atom. The van der Waals surface area contributed by atoms with Crippen LogP contribution in [0, 0.1) is 0 Å². The third-order valence-corrected chi connectivity index (χ3v) is 2.10. The summed E-state index contributed by atoms with van der Waals surface area (Å²) >= 11 is 0. The molecule has 2 N–H and O–H groups in total. The number of hydrogen-bond acceptors (Lipinski definition) is 3. The summed E-state index contributed by atoms with van der Waals surface area (Å²) in [5, 5.41) is 11.9. The Labute approximate surface area is 91.3 Å². The van der Waals surface area contributed by atoms with Gasteiger partial charge in [0.1, 0.15) is 0 Å². The van der Waals surface area contributed by atoms with Gasteiger partial charge in [-0.05, 0) is 25.8 Å². The van der Waals surface area contributed by atoms with E-state index in [0.717, 1.165) is 26.0 Å². The average Bonchev–Trinajstić information content (AvgIpc) is 2.21. The van der Waals surface area contributed by atoms with Crippen LogP contribution in [0.4, 0.5) is 0 Å². The van der Waals surface area contributed by atoms with E-state index in [1.165, 1.54) is 0 Å². The number of carboxylic acid groups (broad SMARTS) is 1. The molecule has 15 heavy (non-hydrogen) atoms. The lowest BCUT2D eigenvalue weighted by Crippen LogP contribution is -2.16. The molecule has 0 fully saturated rings. The third kappa shape index (κ3) is 8.15. The van der Waals surface area contributed by atoms with Crippen molar-refractivity contribution in [2.75, 3.05) is 26.8 Å². The molecule has 0 aromatic rings. The van der Waals surface area contributed by atoms with Crippen LogP contribution in [0.5, 0.6) is 0 Å². The van der Waals surface area contributed by atoms with Gasteiger partial charge >= 0.3 is 5.97 Å². The van der Waals surface area contributed by atoms with Crippen LogP contribution in [-0.2, 0) is 9.53 Å². The van der Waals surface area contributed by atoms with Crippen LogP contribution in [0.15, 0.2) is 11.6 Å². The topological polar surface area (TPSA) is 58.6 Å². The van der Waals surface area contributed by atoms with Gasteiger partial charge in [0, 0.05) is 25.8 Å². The van der Waals surface area contributed by atoms with Crippen LogP contribution in [0.2, 0.25) is 0 Å². The van der Waals surface area contributed by atoms with Crippen LogP contribution in [0.25, 0.3) is 0 Å². The lowest BCUT2D eigenvalue weighted by atomic mass is 10.2. The molecule has 0 aromatic heterocycles. The van der Waals surface area contributed by atoms with Gasteiger partial charge < -0.3 is 15.2 Å². The second-order valence-corrected chi connectivity index (χ2v) is 3.29. The third-order valence-electron chi connectivity index (χ3n) is 2.10. The fourth-order valence-corrected chi connectivity index (χ4v) is 1.18. The molecule has 0 radical (unpaired) electrons. The largest absolute Gasteiger partial charge is 0.478 e. The van der Waals surface area contributed by atoms with E-state index in [2.05, 4.69) is 5.32 Å². The predicted molar refractivity (Wildman–Crippen MR) is 60.0 cm³/mol. The van der Waals surface area contributed by atoms with Crippen molar-refractivity contribution in [3.63, 3.8) is 0 Å². The maximum Gasteiger partial charge on any atom is 0.331 e. The van der Waals surface area contributed by atoms with Crippen molar-refractivity contribution in [1.82, 2.24) is 5.32 Å². The molecule has 4 nitrogen and oxygen atoms in total. The molecule has 0 bridgehead atoms. The summed E-state index contributed by atoms with van der Waals surface area (Å²) in [6.07, 6.45) is 4.39. The van der Waals surface area contributed by atoms with Crippen LogP contribution in [-0.4, -0.2) is 37.9 Å². The van der Waals surface area contributed by atoms with E-state index in [-0.39, 0.29) is 0 Å².